The molecule has 0 radical (unpaired) electrons. The molecular formula is C22H26F4. The van der Waals surface area contributed by atoms with Gasteiger partial charge in [0.05, 0.1) is 5.56 Å². The predicted molar refractivity (Wildman–Crippen MR) is 98.5 cm³/mol. The molecule has 0 bridgehead atoms. The molecule has 0 aliphatic heterocycles. The monoisotopic (exact) mass is 366 g/mol. The number of benzene rings is 2. The summed E-state index contributed by atoms with van der Waals surface area (Å²) in [7, 11) is 0. The summed E-state index contributed by atoms with van der Waals surface area (Å²) in [6.45, 7) is 2.20. The average Bonchev–Trinajstić information content (AvgIpc) is 2.60. The quantitative estimate of drug-likeness (QED) is 0.314. The lowest BCUT2D eigenvalue weighted by molar-refractivity contribution is -0.137. The molecule has 0 saturated heterocycles. The lowest BCUT2D eigenvalue weighted by atomic mass is 9.99. The van der Waals surface area contributed by atoms with Crippen LogP contribution in [0.15, 0.2) is 42.5 Å². The van der Waals surface area contributed by atoms with Crippen LogP contribution in [0.3, 0.4) is 0 Å². The van der Waals surface area contributed by atoms with Crippen LogP contribution in [0.25, 0.3) is 11.1 Å². The van der Waals surface area contributed by atoms with Gasteiger partial charge in [0, 0.05) is 5.56 Å². The van der Waals surface area contributed by atoms with Gasteiger partial charge in [-0.05, 0) is 42.2 Å². The molecule has 0 unspecified atom stereocenters. The molecule has 0 nitrogen and oxygen atoms in total. The van der Waals surface area contributed by atoms with E-state index in [0.717, 1.165) is 37.0 Å². The van der Waals surface area contributed by atoms with E-state index < -0.39 is 11.7 Å². The van der Waals surface area contributed by atoms with Crippen LogP contribution in [0, 0.1) is 5.82 Å². The second-order valence-electron chi connectivity index (χ2n) is 6.76. The highest BCUT2D eigenvalue weighted by Gasteiger charge is 2.30. The van der Waals surface area contributed by atoms with Gasteiger partial charge in [0.1, 0.15) is 5.82 Å². The van der Waals surface area contributed by atoms with Gasteiger partial charge >= 0.3 is 6.18 Å². The summed E-state index contributed by atoms with van der Waals surface area (Å²) in [6.07, 6.45) is 4.92. The van der Waals surface area contributed by atoms with E-state index in [9.17, 15) is 17.6 Å². The van der Waals surface area contributed by atoms with Crippen molar-refractivity contribution in [3.05, 3.63) is 59.4 Å². The fraction of sp³-hybridized carbons (Fsp3) is 0.455. The van der Waals surface area contributed by atoms with Gasteiger partial charge in [-0.1, -0.05) is 69.7 Å². The van der Waals surface area contributed by atoms with Gasteiger partial charge in [0.15, 0.2) is 0 Å². The zero-order valence-electron chi connectivity index (χ0n) is 15.2. The summed E-state index contributed by atoms with van der Waals surface area (Å²) < 4.78 is 52.2. The van der Waals surface area contributed by atoms with E-state index in [4.69, 9.17) is 0 Å². The average molecular weight is 366 g/mol. The molecule has 0 saturated carbocycles. The molecule has 0 atom stereocenters. The SMILES string of the molecule is CCCCCCCCCc1ccc(-c2ccc(C(F)(F)F)cc2)c(F)c1. The molecular weight excluding hydrogens is 340 g/mol. The fourth-order valence-electron chi connectivity index (χ4n) is 3.07. The highest BCUT2D eigenvalue weighted by Crippen LogP contribution is 2.31. The second kappa shape index (κ2) is 9.75. The van der Waals surface area contributed by atoms with Crippen molar-refractivity contribution in [2.24, 2.45) is 0 Å². The number of rotatable bonds is 9. The van der Waals surface area contributed by atoms with Crippen LogP contribution >= 0.6 is 0 Å². The Bertz CT molecular complexity index is 672. The Morgan fingerprint density at radius 3 is 1.96 bits per heavy atom. The first-order valence-electron chi connectivity index (χ1n) is 9.38. The van der Waals surface area contributed by atoms with Crippen molar-refractivity contribution >= 4 is 0 Å². The molecule has 0 fully saturated rings. The van der Waals surface area contributed by atoms with E-state index in [1.54, 1.807) is 6.07 Å². The van der Waals surface area contributed by atoms with Crippen molar-refractivity contribution in [3.63, 3.8) is 0 Å². The van der Waals surface area contributed by atoms with Crippen LogP contribution in [0.5, 0.6) is 0 Å². The van der Waals surface area contributed by atoms with Gasteiger partial charge in [0.2, 0.25) is 0 Å². The summed E-state index contributed by atoms with van der Waals surface area (Å²) >= 11 is 0. The van der Waals surface area contributed by atoms with Gasteiger partial charge in [-0.3, -0.25) is 0 Å². The van der Waals surface area contributed by atoms with Gasteiger partial charge in [0.25, 0.3) is 0 Å². The molecule has 2 aromatic rings. The molecule has 0 aromatic heterocycles. The number of unbranched alkanes of at least 4 members (excludes halogenated alkanes) is 6. The van der Waals surface area contributed by atoms with E-state index in [0.29, 0.717) is 11.1 Å². The largest absolute Gasteiger partial charge is 0.416 e. The van der Waals surface area contributed by atoms with Gasteiger partial charge in [-0.25, -0.2) is 4.39 Å². The molecule has 2 rings (SSSR count). The highest BCUT2D eigenvalue weighted by atomic mass is 19.4. The van der Waals surface area contributed by atoms with Gasteiger partial charge < -0.3 is 0 Å². The number of hydrogen-bond acceptors (Lipinski definition) is 0. The third-order valence-electron chi connectivity index (χ3n) is 4.63. The zero-order valence-corrected chi connectivity index (χ0v) is 15.2. The third-order valence-corrected chi connectivity index (χ3v) is 4.63. The molecule has 26 heavy (non-hydrogen) atoms. The lowest BCUT2D eigenvalue weighted by Gasteiger charge is -2.09. The van der Waals surface area contributed by atoms with E-state index in [1.807, 2.05) is 6.07 Å². The Hall–Kier alpha value is -1.84. The molecule has 0 aliphatic rings. The number of alkyl halides is 3. The maximum atomic E-state index is 14.4. The molecule has 142 valence electrons. The molecule has 0 amide bonds. The van der Waals surface area contributed by atoms with Crippen molar-refractivity contribution in [3.8, 4) is 11.1 Å². The first-order valence-corrected chi connectivity index (χ1v) is 9.38. The van der Waals surface area contributed by atoms with E-state index in [1.165, 1.54) is 50.3 Å². The minimum Gasteiger partial charge on any atom is -0.206 e. The van der Waals surface area contributed by atoms with Gasteiger partial charge in [-0.2, -0.15) is 13.2 Å². The van der Waals surface area contributed by atoms with E-state index in [2.05, 4.69) is 6.92 Å². The van der Waals surface area contributed by atoms with Crippen molar-refractivity contribution in [1.82, 2.24) is 0 Å². The minimum absolute atomic E-state index is 0.335. The Labute approximate surface area is 153 Å². The smallest absolute Gasteiger partial charge is 0.206 e. The van der Waals surface area contributed by atoms with Crippen molar-refractivity contribution in [2.45, 2.75) is 64.5 Å². The lowest BCUT2D eigenvalue weighted by Crippen LogP contribution is -2.04. The van der Waals surface area contributed by atoms with Crippen LogP contribution < -0.4 is 0 Å². The summed E-state index contributed by atoms with van der Waals surface area (Å²) in [6, 6.07) is 9.64. The maximum Gasteiger partial charge on any atom is 0.416 e. The maximum absolute atomic E-state index is 14.4. The highest BCUT2D eigenvalue weighted by molar-refractivity contribution is 5.64. The molecule has 0 N–H and O–H groups in total. The van der Waals surface area contributed by atoms with Crippen molar-refractivity contribution in [2.75, 3.05) is 0 Å². The normalized spacial score (nSPS) is 11.7. The Morgan fingerprint density at radius 1 is 0.769 bits per heavy atom. The first-order chi connectivity index (χ1) is 12.4. The number of halogens is 4. The third kappa shape index (κ3) is 6.15. The topological polar surface area (TPSA) is 0 Å². The molecule has 0 spiro atoms. The first kappa shape index (κ1) is 20.5. The summed E-state index contributed by atoms with van der Waals surface area (Å²) in [5.74, 6) is -0.384. The van der Waals surface area contributed by atoms with Crippen LogP contribution in [0.4, 0.5) is 17.6 Å². The Balaban J connectivity index is 1.91. The summed E-state index contributed by atoms with van der Waals surface area (Å²) in [5, 5.41) is 0. The van der Waals surface area contributed by atoms with Crippen molar-refractivity contribution < 1.29 is 17.6 Å². The summed E-state index contributed by atoms with van der Waals surface area (Å²) in [5.41, 5.74) is 1.00. The van der Waals surface area contributed by atoms with Crippen molar-refractivity contribution in [1.29, 1.82) is 0 Å². The molecule has 4 heteroatoms. The Morgan fingerprint density at radius 2 is 1.38 bits per heavy atom. The van der Waals surface area contributed by atoms with Crippen LogP contribution in [-0.4, -0.2) is 0 Å². The molecule has 0 heterocycles. The number of aryl methyl sites for hydroxylation is 1. The van der Waals surface area contributed by atoms with Gasteiger partial charge in [-0.15, -0.1) is 0 Å². The van der Waals surface area contributed by atoms with Crippen LogP contribution in [0.1, 0.15) is 63.0 Å². The Kier molecular flexibility index (Phi) is 7.67. The fourth-order valence-corrected chi connectivity index (χ4v) is 3.07. The van der Waals surface area contributed by atoms with E-state index in [-0.39, 0.29) is 5.82 Å². The minimum atomic E-state index is -4.38. The van der Waals surface area contributed by atoms with Crippen LogP contribution in [-0.2, 0) is 12.6 Å². The predicted octanol–water partition coefficient (Wildman–Crippen LogP) is 7.80. The molecule has 0 aliphatic carbocycles. The van der Waals surface area contributed by atoms with Crippen LogP contribution in [0.2, 0.25) is 0 Å². The molecule has 2 aromatic carbocycles. The number of hydrogen-bond donors (Lipinski definition) is 0. The van der Waals surface area contributed by atoms with E-state index >= 15 is 0 Å². The zero-order chi connectivity index (χ0) is 19.0. The standard InChI is InChI=1S/C22H26F4/c1-2-3-4-5-6-7-8-9-17-10-15-20(21(23)16-17)18-11-13-19(14-12-18)22(24,25)26/h10-16H,2-9H2,1H3. The second-order valence-corrected chi connectivity index (χ2v) is 6.76. The summed E-state index contributed by atoms with van der Waals surface area (Å²) in [4.78, 5) is 0.